The number of rotatable bonds is 3. The Kier molecular flexibility index (Phi) is 3.24. The molecule has 0 N–H and O–H groups in total. The van der Waals surface area contributed by atoms with Crippen LogP contribution in [0.4, 0.5) is 0 Å². The van der Waals surface area contributed by atoms with E-state index in [-0.39, 0.29) is 0 Å². The SMILES string of the molecule is C(=C/c1ccccc1)/[CH+]c1ccccc1. The first kappa shape index (κ1) is 9.60. The summed E-state index contributed by atoms with van der Waals surface area (Å²) in [6, 6.07) is 20.6. The molecule has 0 heterocycles. The van der Waals surface area contributed by atoms with E-state index < -0.39 is 0 Å². The molecule has 2 aromatic rings. The van der Waals surface area contributed by atoms with E-state index in [1.165, 1.54) is 11.1 Å². The minimum absolute atomic E-state index is 1.23. The van der Waals surface area contributed by atoms with Crippen molar-refractivity contribution in [3.05, 3.63) is 84.3 Å². The zero-order chi connectivity index (χ0) is 10.3. The van der Waals surface area contributed by atoms with E-state index in [9.17, 15) is 0 Å². The summed E-state index contributed by atoms with van der Waals surface area (Å²) in [7, 11) is 0. The molecule has 0 saturated carbocycles. The van der Waals surface area contributed by atoms with Crippen LogP contribution in [0.5, 0.6) is 0 Å². The van der Waals surface area contributed by atoms with Crippen molar-refractivity contribution in [2.45, 2.75) is 0 Å². The molecule has 0 spiro atoms. The Hall–Kier alpha value is -1.95. The quantitative estimate of drug-likeness (QED) is 0.647. The topological polar surface area (TPSA) is 0 Å². The molecule has 0 aliphatic heterocycles. The zero-order valence-corrected chi connectivity index (χ0v) is 8.51. The molecule has 0 amide bonds. The first-order valence-corrected chi connectivity index (χ1v) is 5.07. The smallest absolute Gasteiger partial charge is 0.0622 e. The zero-order valence-electron chi connectivity index (χ0n) is 8.51. The van der Waals surface area contributed by atoms with Gasteiger partial charge in [-0.3, -0.25) is 0 Å². The van der Waals surface area contributed by atoms with Gasteiger partial charge in [0.2, 0.25) is 0 Å². The van der Waals surface area contributed by atoms with E-state index in [1.807, 2.05) is 36.4 Å². The summed E-state index contributed by atoms with van der Waals surface area (Å²) in [5.41, 5.74) is 2.45. The lowest BCUT2D eigenvalue weighted by Crippen LogP contribution is -1.75. The molecule has 0 radical (unpaired) electrons. The number of hydrogen-bond acceptors (Lipinski definition) is 0. The highest BCUT2D eigenvalue weighted by Gasteiger charge is 1.93. The summed E-state index contributed by atoms with van der Waals surface area (Å²) < 4.78 is 0. The highest BCUT2D eigenvalue weighted by molar-refractivity contribution is 5.51. The number of allylic oxidation sites excluding steroid dienone is 1. The molecule has 0 aliphatic carbocycles. The first-order chi connectivity index (χ1) is 7.45. The Labute approximate surface area is 90.9 Å². The van der Waals surface area contributed by atoms with Gasteiger partial charge in [0.25, 0.3) is 0 Å². The van der Waals surface area contributed by atoms with Crippen LogP contribution in [0.3, 0.4) is 0 Å². The lowest BCUT2D eigenvalue weighted by atomic mass is 10.1. The van der Waals surface area contributed by atoms with E-state index in [4.69, 9.17) is 0 Å². The maximum absolute atomic E-state index is 2.10. The lowest BCUT2D eigenvalue weighted by Gasteiger charge is -1.88. The van der Waals surface area contributed by atoms with Crippen LogP contribution in [0.1, 0.15) is 11.1 Å². The highest BCUT2D eigenvalue weighted by Crippen LogP contribution is 2.06. The summed E-state index contributed by atoms with van der Waals surface area (Å²) in [6.45, 7) is 0. The second-order valence-electron chi connectivity index (χ2n) is 3.35. The van der Waals surface area contributed by atoms with Crippen molar-refractivity contribution < 1.29 is 0 Å². The summed E-state index contributed by atoms with van der Waals surface area (Å²) in [6.07, 6.45) is 6.28. The molecule has 0 atom stereocenters. The molecule has 0 saturated heterocycles. The van der Waals surface area contributed by atoms with Crippen molar-refractivity contribution >= 4 is 6.08 Å². The molecule has 0 unspecified atom stereocenters. The summed E-state index contributed by atoms with van der Waals surface area (Å²) >= 11 is 0. The van der Waals surface area contributed by atoms with Crippen LogP contribution in [0.2, 0.25) is 0 Å². The van der Waals surface area contributed by atoms with Crippen LogP contribution in [0.25, 0.3) is 6.08 Å². The molecule has 0 fully saturated rings. The number of hydrogen-bond donors (Lipinski definition) is 0. The van der Waals surface area contributed by atoms with Gasteiger partial charge in [0, 0.05) is 36.3 Å². The van der Waals surface area contributed by atoms with Crippen molar-refractivity contribution in [2.24, 2.45) is 0 Å². The maximum atomic E-state index is 2.10. The maximum Gasteiger partial charge on any atom is 0.0952 e. The third-order valence-electron chi connectivity index (χ3n) is 2.18. The van der Waals surface area contributed by atoms with Gasteiger partial charge in [0.15, 0.2) is 0 Å². The summed E-state index contributed by atoms with van der Waals surface area (Å²) in [5.74, 6) is 0. The van der Waals surface area contributed by atoms with Gasteiger partial charge in [-0.15, -0.1) is 0 Å². The van der Waals surface area contributed by atoms with E-state index >= 15 is 0 Å². The van der Waals surface area contributed by atoms with Gasteiger partial charge in [-0.2, -0.15) is 0 Å². The average molecular weight is 193 g/mol. The molecule has 0 aromatic heterocycles. The van der Waals surface area contributed by atoms with Crippen LogP contribution >= 0.6 is 0 Å². The second-order valence-corrected chi connectivity index (χ2v) is 3.35. The molecule has 15 heavy (non-hydrogen) atoms. The average Bonchev–Trinajstić information content (AvgIpc) is 2.32. The van der Waals surface area contributed by atoms with Crippen molar-refractivity contribution in [3.63, 3.8) is 0 Å². The standard InChI is InChI=1S/C15H13/c1-3-8-14(9-4-1)12-7-13-15-10-5-2-6-11-15/h1-13H/q+1/b12-7-. The lowest BCUT2D eigenvalue weighted by molar-refractivity contribution is 1.53. The Morgan fingerprint density at radius 1 is 0.733 bits per heavy atom. The minimum Gasteiger partial charge on any atom is -0.0622 e. The minimum atomic E-state index is 1.23. The molecule has 0 nitrogen and oxygen atoms in total. The molecule has 0 heteroatoms. The van der Waals surface area contributed by atoms with Crippen molar-refractivity contribution in [2.75, 3.05) is 0 Å². The molecular weight excluding hydrogens is 180 g/mol. The second kappa shape index (κ2) is 5.06. The van der Waals surface area contributed by atoms with Gasteiger partial charge in [-0.25, -0.2) is 0 Å². The molecule has 72 valence electrons. The normalized spacial score (nSPS) is 10.4. The van der Waals surface area contributed by atoms with Crippen LogP contribution < -0.4 is 0 Å². The molecule has 0 bridgehead atoms. The Balaban J connectivity index is 1.97. The highest BCUT2D eigenvalue weighted by atomic mass is 13.9. The van der Waals surface area contributed by atoms with Crippen LogP contribution in [0, 0.1) is 6.42 Å². The van der Waals surface area contributed by atoms with E-state index in [0.717, 1.165) is 0 Å². The Morgan fingerprint density at radius 2 is 1.33 bits per heavy atom. The fourth-order valence-electron chi connectivity index (χ4n) is 1.40. The monoisotopic (exact) mass is 193 g/mol. The first-order valence-electron chi connectivity index (χ1n) is 5.07. The summed E-state index contributed by atoms with van der Waals surface area (Å²) in [4.78, 5) is 0. The largest absolute Gasteiger partial charge is 0.0952 e. The number of benzene rings is 2. The van der Waals surface area contributed by atoms with Crippen molar-refractivity contribution in [3.8, 4) is 0 Å². The van der Waals surface area contributed by atoms with Crippen LogP contribution in [0.15, 0.2) is 66.7 Å². The van der Waals surface area contributed by atoms with Crippen LogP contribution in [-0.2, 0) is 0 Å². The van der Waals surface area contributed by atoms with Crippen molar-refractivity contribution in [1.29, 1.82) is 0 Å². The molecule has 2 rings (SSSR count). The van der Waals surface area contributed by atoms with Gasteiger partial charge in [0.05, 0.1) is 5.56 Å². The molecule has 2 aromatic carbocycles. The Bertz CT molecular complexity index is 412. The predicted molar refractivity (Wildman–Crippen MR) is 65.3 cm³/mol. The fraction of sp³-hybridized carbons (Fsp3) is 0. The van der Waals surface area contributed by atoms with Crippen molar-refractivity contribution in [1.82, 2.24) is 0 Å². The third-order valence-corrected chi connectivity index (χ3v) is 2.18. The van der Waals surface area contributed by atoms with Gasteiger partial charge in [0.1, 0.15) is 0 Å². The van der Waals surface area contributed by atoms with Crippen LogP contribution in [-0.4, -0.2) is 0 Å². The molecular formula is C15H13+. The van der Waals surface area contributed by atoms with E-state index in [1.54, 1.807) is 0 Å². The summed E-state index contributed by atoms with van der Waals surface area (Å²) in [5, 5.41) is 0. The van der Waals surface area contributed by atoms with E-state index in [2.05, 4.69) is 42.8 Å². The Morgan fingerprint density at radius 3 is 2.00 bits per heavy atom. The van der Waals surface area contributed by atoms with E-state index in [0.29, 0.717) is 0 Å². The predicted octanol–water partition coefficient (Wildman–Crippen LogP) is 3.95. The van der Waals surface area contributed by atoms with Gasteiger partial charge < -0.3 is 0 Å². The molecule has 0 aliphatic rings. The van der Waals surface area contributed by atoms with Gasteiger partial charge in [-0.05, 0) is 30.3 Å². The van der Waals surface area contributed by atoms with Gasteiger partial charge in [-0.1, -0.05) is 18.2 Å². The fourth-order valence-corrected chi connectivity index (χ4v) is 1.40. The third kappa shape index (κ3) is 3.03. The van der Waals surface area contributed by atoms with Gasteiger partial charge >= 0.3 is 0 Å².